The summed E-state index contributed by atoms with van der Waals surface area (Å²) in [6.45, 7) is 4.11. The molecule has 1 aliphatic heterocycles. The minimum Gasteiger partial charge on any atom is -0.357 e. The molecule has 3 N–H and O–H groups in total. The summed E-state index contributed by atoms with van der Waals surface area (Å²) in [5, 5.41) is 2.84. The fourth-order valence-corrected chi connectivity index (χ4v) is 2.92. The van der Waals surface area contributed by atoms with E-state index in [4.69, 9.17) is 5.73 Å². The van der Waals surface area contributed by atoms with Crippen molar-refractivity contribution in [1.29, 1.82) is 0 Å². The van der Waals surface area contributed by atoms with Gasteiger partial charge in [0, 0.05) is 13.1 Å². The van der Waals surface area contributed by atoms with Crippen LogP contribution in [0, 0.1) is 6.92 Å². The van der Waals surface area contributed by atoms with E-state index in [-0.39, 0.29) is 5.91 Å². The number of anilines is 2. The molecule has 1 saturated heterocycles. The number of pyridine rings is 1. The zero-order valence-corrected chi connectivity index (χ0v) is 14.0. The van der Waals surface area contributed by atoms with Gasteiger partial charge < -0.3 is 16.0 Å². The minimum atomic E-state index is -0.688. The Morgan fingerprint density at radius 1 is 1.12 bits per heavy atom. The van der Waals surface area contributed by atoms with Gasteiger partial charge >= 0.3 is 0 Å². The van der Waals surface area contributed by atoms with Gasteiger partial charge in [-0.25, -0.2) is 4.98 Å². The lowest BCUT2D eigenvalue weighted by Gasteiger charge is -2.27. The number of amides is 1. The van der Waals surface area contributed by atoms with Gasteiger partial charge in [-0.05, 0) is 43.9 Å². The number of benzene rings is 1. The molecule has 126 valence electrons. The second-order valence-electron chi connectivity index (χ2n) is 6.33. The Kier molecular flexibility index (Phi) is 5.11. The van der Waals surface area contributed by atoms with Gasteiger partial charge in [0.15, 0.2) is 0 Å². The lowest BCUT2D eigenvalue weighted by atomic mass is 10.1. The smallest absolute Gasteiger partial charge is 0.245 e. The average Bonchev–Trinajstić information content (AvgIpc) is 2.63. The molecule has 2 heterocycles. The summed E-state index contributed by atoms with van der Waals surface area (Å²) in [5.41, 5.74) is 8.66. The summed E-state index contributed by atoms with van der Waals surface area (Å²) >= 11 is 0. The largest absolute Gasteiger partial charge is 0.357 e. The van der Waals surface area contributed by atoms with Gasteiger partial charge in [-0.3, -0.25) is 4.79 Å². The maximum Gasteiger partial charge on any atom is 0.245 e. The molecule has 2 aromatic rings. The molecule has 0 radical (unpaired) electrons. The fraction of sp³-hybridized carbons (Fsp3) is 0.368. The number of hydrogen-bond acceptors (Lipinski definition) is 4. The highest BCUT2D eigenvalue weighted by Crippen LogP contribution is 2.20. The third kappa shape index (κ3) is 3.92. The minimum absolute atomic E-state index is 0.230. The third-order valence-corrected chi connectivity index (χ3v) is 4.41. The predicted molar refractivity (Wildman–Crippen MR) is 97.0 cm³/mol. The van der Waals surface area contributed by atoms with Crippen molar-refractivity contribution >= 4 is 17.4 Å². The van der Waals surface area contributed by atoms with Crippen molar-refractivity contribution < 1.29 is 4.79 Å². The summed E-state index contributed by atoms with van der Waals surface area (Å²) in [7, 11) is 0. The average molecular weight is 324 g/mol. The van der Waals surface area contributed by atoms with Crippen molar-refractivity contribution in [1.82, 2.24) is 4.98 Å². The topological polar surface area (TPSA) is 71.2 Å². The van der Waals surface area contributed by atoms with Crippen LogP contribution in [-0.2, 0) is 4.79 Å². The summed E-state index contributed by atoms with van der Waals surface area (Å²) in [5.74, 6) is 0.738. The van der Waals surface area contributed by atoms with Crippen molar-refractivity contribution in [3.05, 3.63) is 53.7 Å². The molecule has 0 aliphatic carbocycles. The van der Waals surface area contributed by atoms with Gasteiger partial charge in [0.05, 0.1) is 11.9 Å². The number of aromatic nitrogens is 1. The first-order chi connectivity index (χ1) is 11.6. The number of carbonyl (C=O) groups excluding carboxylic acids is 1. The maximum atomic E-state index is 12.3. The van der Waals surface area contributed by atoms with Crippen LogP contribution in [0.4, 0.5) is 11.5 Å². The van der Waals surface area contributed by atoms with E-state index in [0.29, 0.717) is 5.69 Å². The molecule has 1 aromatic carbocycles. The third-order valence-electron chi connectivity index (χ3n) is 4.41. The lowest BCUT2D eigenvalue weighted by molar-refractivity contribution is -0.117. The number of rotatable bonds is 4. The Hall–Kier alpha value is -2.40. The van der Waals surface area contributed by atoms with Gasteiger partial charge in [0.25, 0.3) is 0 Å². The summed E-state index contributed by atoms with van der Waals surface area (Å²) in [6, 6.07) is 10.8. The molecule has 1 amide bonds. The van der Waals surface area contributed by atoms with Gasteiger partial charge in [-0.1, -0.05) is 29.8 Å². The molecular weight excluding hydrogens is 300 g/mol. The highest BCUT2D eigenvalue weighted by Gasteiger charge is 2.16. The molecule has 5 nitrogen and oxygen atoms in total. The Morgan fingerprint density at radius 3 is 2.46 bits per heavy atom. The molecule has 1 fully saturated rings. The van der Waals surface area contributed by atoms with Crippen molar-refractivity contribution in [3.63, 3.8) is 0 Å². The number of nitrogens with one attached hydrogen (secondary N) is 1. The number of carbonyl (C=O) groups is 1. The molecule has 1 aromatic heterocycles. The van der Waals surface area contributed by atoms with E-state index in [1.807, 2.05) is 43.3 Å². The van der Waals surface area contributed by atoms with Crippen molar-refractivity contribution in [3.8, 4) is 0 Å². The second-order valence-corrected chi connectivity index (χ2v) is 6.33. The number of nitrogens with two attached hydrogens (primary N) is 1. The molecule has 24 heavy (non-hydrogen) atoms. The molecule has 5 heteroatoms. The van der Waals surface area contributed by atoms with Gasteiger partial charge in [-0.2, -0.15) is 0 Å². The highest BCUT2D eigenvalue weighted by molar-refractivity contribution is 5.95. The SMILES string of the molecule is Cc1ccc(C(N)C(=O)Nc2ccc(N3CCCCC3)nc2)cc1. The second kappa shape index (κ2) is 7.45. The summed E-state index contributed by atoms with van der Waals surface area (Å²) in [4.78, 5) is 19.1. The zero-order valence-electron chi connectivity index (χ0n) is 14.0. The first kappa shape index (κ1) is 16.5. The monoisotopic (exact) mass is 324 g/mol. The van der Waals surface area contributed by atoms with Crippen molar-refractivity contribution in [2.45, 2.75) is 32.2 Å². The standard InChI is InChI=1S/C19H24N4O/c1-14-5-7-15(8-6-14)18(20)19(24)22-16-9-10-17(21-13-16)23-11-3-2-4-12-23/h5-10,13,18H,2-4,11-12,20H2,1H3,(H,22,24). The quantitative estimate of drug-likeness (QED) is 0.907. The van der Waals surface area contributed by atoms with Crippen molar-refractivity contribution in [2.24, 2.45) is 5.73 Å². The van der Waals surface area contributed by atoms with Crippen LogP contribution in [0.25, 0.3) is 0 Å². The van der Waals surface area contributed by atoms with Crippen LogP contribution < -0.4 is 16.0 Å². The van der Waals surface area contributed by atoms with E-state index in [2.05, 4.69) is 15.2 Å². The van der Waals surface area contributed by atoms with Gasteiger partial charge in [-0.15, -0.1) is 0 Å². The molecule has 1 atom stereocenters. The number of hydrogen-bond donors (Lipinski definition) is 2. The predicted octanol–water partition coefficient (Wildman–Crippen LogP) is 3.02. The number of aryl methyl sites for hydroxylation is 1. The molecule has 0 spiro atoms. The zero-order chi connectivity index (χ0) is 16.9. The van der Waals surface area contributed by atoms with Gasteiger partial charge in [0.2, 0.25) is 5.91 Å². The Morgan fingerprint density at radius 2 is 1.83 bits per heavy atom. The summed E-state index contributed by atoms with van der Waals surface area (Å²) < 4.78 is 0. The van der Waals surface area contributed by atoms with E-state index < -0.39 is 6.04 Å². The van der Waals surface area contributed by atoms with E-state index >= 15 is 0 Å². The maximum absolute atomic E-state index is 12.3. The Labute approximate surface area is 142 Å². The molecule has 1 aliphatic rings. The summed E-state index contributed by atoms with van der Waals surface area (Å²) in [6.07, 6.45) is 5.42. The molecule has 1 unspecified atom stereocenters. The fourth-order valence-electron chi connectivity index (χ4n) is 2.92. The number of piperidine rings is 1. The number of nitrogens with zero attached hydrogens (tertiary/aromatic N) is 2. The van der Waals surface area contributed by atoms with Crippen LogP contribution in [0.5, 0.6) is 0 Å². The van der Waals surface area contributed by atoms with Crippen LogP contribution in [0.3, 0.4) is 0 Å². The lowest BCUT2D eigenvalue weighted by Crippen LogP contribution is -2.30. The van der Waals surface area contributed by atoms with Crippen LogP contribution in [0.1, 0.15) is 36.4 Å². The Balaban J connectivity index is 1.62. The highest BCUT2D eigenvalue weighted by atomic mass is 16.2. The molecular formula is C19H24N4O. The van der Waals surface area contributed by atoms with Gasteiger partial charge in [0.1, 0.15) is 11.9 Å². The van der Waals surface area contributed by atoms with Crippen LogP contribution in [-0.4, -0.2) is 24.0 Å². The van der Waals surface area contributed by atoms with E-state index in [0.717, 1.165) is 30.0 Å². The van der Waals surface area contributed by atoms with Crippen molar-refractivity contribution in [2.75, 3.05) is 23.3 Å². The van der Waals surface area contributed by atoms with Crippen LogP contribution in [0.2, 0.25) is 0 Å². The molecule has 3 rings (SSSR count). The van der Waals surface area contributed by atoms with Crippen LogP contribution >= 0.6 is 0 Å². The molecule has 0 bridgehead atoms. The van der Waals surface area contributed by atoms with E-state index in [9.17, 15) is 4.79 Å². The van der Waals surface area contributed by atoms with E-state index in [1.165, 1.54) is 19.3 Å². The first-order valence-electron chi connectivity index (χ1n) is 8.47. The normalized spacial score (nSPS) is 15.8. The van der Waals surface area contributed by atoms with Crippen LogP contribution in [0.15, 0.2) is 42.6 Å². The van der Waals surface area contributed by atoms with E-state index in [1.54, 1.807) is 6.20 Å². The molecule has 0 saturated carbocycles. The first-order valence-corrected chi connectivity index (χ1v) is 8.47. The Bertz CT molecular complexity index is 676.